The number of aryl methyl sites for hydroxylation is 1. The molecule has 3 rings (SSSR count). The molecule has 1 aromatic heterocycles. The van der Waals surface area contributed by atoms with Crippen molar-refractivity contribution < 1.29 is 9.59 Å². The van der Waals surface area contributed by atoms with E-state index in [4.69, 9.17) is 0 Å². The minimum Gasteiger partial charge on any atom is -0.367 e. The molecule has 0 saturated carbocycles. The molecule has 3 heterocycles. The van der Waals surface area contributed by atoms with Crippen LogP contribution >= 0.6 is 0 Å². The van der Waals surface area contributed by atoms with Crippen molar-refractivity contribution in [3.05, 3.63) is 22.6 Å². The quantitative estimate of drug-likeness (QED) is 0.733. The lowest BCUT2D eigenvalue weighted by atomic mass is 9.96. The zero-order valence-electron chi connectivity index (χ0n) is 14.8. The molecule has 8 nitrogen and oxygen atoms in total. The molecule has 0 spiro atoms. The summed E-state index contributed by atoms with van der Waals surface area (Å²) in [5, 5.41) is 4.05. The van der Waals surface area contributed by atoms with Crippen LogP contribution in [0.3, 0.4) is 0 Å². The molecule has 136 valence electrons. The van der Waals surface area contributed by atoms with Gasteiger partial charge in [0.05, 0.1) is 17.8 Å². The molecule has 25 heavy (non-hydrogen) atoms. The summed E-state index contributed by atoms with van der Waals surface area (Å²) in [6.07, 6.45) is 3.42. The number of piperazine rings is 1. The third-order valence-corrected chi connectivity index (χ3v) is 5.13. The summed E-state index contributed by atoms with van der Waals surface area (Å²) in [6, 6.07) is 1.58. The molecule has 8 heteroatoms. The van der Waals surface area contributed by atoms with Crippen LogP contribution in [0.2, 0.25) is 0 Å². The van der Waals surface area contributed by atoms with Gasteiger partial charge in [0.1, 0.15) is 0 Å². The number of rotatable bonds is 2. The van der Waals surface area contributed by atoms with E-state index in [1.165, 1.54) is 4.68 Å². The van der Waals surface area contributed by atoms with Gasteiger partial charge in [0, 0.05) is 59.3 Å². The smallest absolute Gasteiger partial charge is 0.268 e. The summed E-state index contributed by atoms with van der Waals surface area (Å²) in [6.45, 7) is 5.47. The summed E-state index contributed by atoms with van der Waals surface area (Å²) in [5.74, 6) is 0.100. The highest BCUT2D eigenvalue weighted by atomic mass is 16.2. The molecule has 1 atom stereocenters. The first-order valence-corrected chi connectivity index (χ1v) is 8.78. The molecule has 2 saturated heterocycles. The van der Waals surface area contributed by atoms with Gasteiger partial charge in [-0.2, -0.15) is 5.10 Å². The third kappa shape index (κ3) is 3.83. The zero-order chi connectivity index (χ0) is 18.0. The Bertz CT molecular complexity index is 708. The van der Waals surface area contributed by atoms with Crippen LogP contribution in [0.5, 0.6) is 0 Å². The second-order valence-corrected chi connectivity index (χ2v) is 6.79. The van der Waals surface area contributed by atoms with Crippen molar-refractivity contribution in [3.8, 4) is 0 Å². The van der Waals surface area contributed by atoms with Gasteiger partial charge in [-0.05, 0) is 12.8 Å². The second-order valence-electron chi connectivity index (χ2n) is 6.79. The van der Waals surface area contributed by atoms with Gasteiger partial charge in [-0.15, -0.1) is 0 Å². The van der Waals surface area contributed by atoms with Gasteiger partial charge in [-0.1, -0.05) is 0 Å². The topological polar surface area (TPSA) is 78.8 Å². The molecule has 2 amide bonds. The number of hydrogen-bond acceptors (Lipinski definition) is 5. The Morgan fingerprint density at radius 1 is 1.12 bits per heavy atom. The first-order chi connectivity index (χ1) is 12.0. The van der Waals surface area contributed by atoms with Crippen LogP contribution in [-0.2, 0) is 16.6 Å². The molecule has 0 N–H and O–H groups in total. The van der Waals surface area contributed by atoms with Gasteiger partial charge in [-0.3, -0.25) is 14.4 Å². The molecule has 0 bridgehead atoms. The van der Waals surface area contributed by atoms with E-state index in [9.17, 15) is 14.4 Å². The predicted octanol–water partition coefficient (Wildman–Crippen LogP) is -0.313. The van der Waals surface area contributed by atoms with Crippen LogP contribution in [0.25, 0.3) is 0 Å². The van der Waals surface area contributed by atoms with Gasteiger partial charge >= 0.3 is 0 Å². The van der Waals surface area contributed by atoms with Crippen molar-refractivity contribution >= 4 is 17.5 Å². The number of anilines is 1. The van der Waals surface area contributed by atoms with Gasteiger partial charge in [0.15, 0.2) is 0 Å². The van der Waals surface area contributed by atoms with E-state index in [0.717, 1.165) is 25.1 Å². The molecule has 0 aromatic carbocycles. The molecule has 2 fully saturated rings. The van der Waals surface area contributed by atoms with Crippen molar-refractivity contribution in [1.82, 2.24) is 19.6 Å². The average Bonchev–Trinajstić information content (AvgIpc) is 2.63. The van der Waals surface area contributed by atoms with Crippen molar-refractivity contribution in [1.29, 1.82) is 0 Å². The summed E-state index contributed by atoms with van der Waals surface area (Å²) in [5.41, 5.74) is 0.665. The molecule has 1 aromatic rings. The fourth-order valence-corrected chi connectivity index (χ4v) is 3.54. The van der Waals surface area contributed by atoms with E-state index >= 15 is 0 Å². The van der Waals surface area contributed by atoms with Crippen molar-refractivity contribution in [2.24, 2.45) is 13.0 Å². The first kappa shape index (κ1) is 17.4. The molecule has 0 aliphatic carbocycles. The average molecular weight is 347 g/mol. The van der Waals surface area contributed by atoms with Gasteiger partial charge in [0.2, 0.25) is 11.8 Å². The van der Waals surface area contributed by atoms with Crippen molar-refractivity contribution in [2.45, 2.75) is 19.8 Å². The number of piperidine rings is 1. The Balaban J connectivity index is 1.58. The van der Waals surface area contributed by atoms with E-state index in [0.29, 0.717) is 32.7 Å². The van der Waals surface area contributed by atoms with Crippen LogP contribution in [0.1, 0.15) is 19.8 Å². The highest BCUT2D eigenvalue weighted by molar-refractivity contribution is 5.81. The van der Waals surface area contributed by atoms with E-state index in [-0.39, 0.29) is 23.3 Å². The molecule has 0 radical (unpaired) electrons. The number of amides is 2. The Morgan fingerprint density at radius 3 is 2.48 bits per heavy atom. The standard InChI is InChI=1S/C17H25N5O3/c1-13(23)22-5-3-4-14(12-22)17(25)21-8-6-20(7-9-21)15-10-16(24)19(2)18-11-15/h10-11,14H,3-9,12H2,1-2H3/t14-/m0/s1. The minimum atomic E-state index is -0.137. The minimum absolute atomic E-state index is 0.0421. The lowest BCUT2D eigenvalue weighted by Gasteiger charge is -2.39. The van der Waals surface area contributed by atoms with Crippen LogP contribution in [0.4, 0.5) is 5.69 Å². The number of nitrogens with zero attached hydrogens (tertiary/aromatic N) is 5. The molecule has 0 unspecified atom stereocenters. The van der Waals surface area contributed by atoms with Crippen LogP contribution in [0.15, 0.2) is 17.1 Å². The number of likely N-dealkylation sites (tertiary alicyclic amines) is 1. The highest BCUT2D eigenvalue weighted by Gasteiger charge is 2.31. The monoisotopic (exact) mass is 347 g/mol. The summed E-state index contributed by atoms with van der Waals surface area (Å²) in [7, 11) is 1.62. The molecular weight excluding hydrogens is 322 g/mol. The number of carbonyl (C=O) groups is 2. The molecular formula is C17H25N5O3. The zero-order valence-corrected chi connectivity index (χ0v) is 14.8. The maximum absolute atomic E-state index is 12.8. The fourth-order valence-electron chi connectivity index (χ4n) is 3.54. The van der Waals surface area contributed by atoms with Gasteiger partial charge in [-0.25, -0.2) is 4.68 Å². The van der Waals surface area contributed by atoms with E-state index in [1.54, 1.807) is 31.1 Å². The van der Waals surface area contributed by atoms with Crippen molar-refractivity contribution in [2.75, 3.05) is 44.2 Å². The molecule has 2 aliphatic rings. The van der Waals surface area contributed by atoms with Crippen molar-refractivity contribution in [3.63, 3.8) is 0 Å². The van der Waals surface area contributed by atoms with Gasteiger partial charge < -0.3 is 14.7 Å². The second kappa shape index (κ2) is 7.25. The fraction of sp³-hybridized carbons (Fsp3) is 0.647. The van der Waals surface area contributed by atoms with Crippen LogP contribution in [-0.4, -0.2) is 70.7 Å². The van der Waals surface area contributed by atoms with E-state index in [2.05, 4.69) is 10.00 Å². The number of aromatic nitrogens is 2. The Hall–Kier alpha value is -2.38. The number of hydrogen-bond donors (Lipinski definition) is 0. The Morgan fingerprint density at radius 2 is 1.84 bits per heavy atom. The summed E-state index contributed by atoms with van der Waals surface area (Å²) < 4.78 is 1.30. The van der Waals surface area contributed by atoms with Crippen LogP contribution < -0.4 is 10.5 Å². The predicted molar refractivity (Wildman–Crippen MR) is 93.2 cm³/mol. The SMILES string of the molecule is CC(=O)N1CCC[C@H](C(=O)N2CCN(c3cnn(C)c(=O)c3)CC2)C1. The van der Waals surface area contributed by atoms with E-state index < -0.39 is 0 Å². The summed E-state index contributed by atoms with van der Waals surface area (Å²) >= 11 is 0. The van der Waals surface area contributed by atoms with Gasteiger partial charge in [0.25, 0.3) is 5.56 Å². The maximum atomic E-state index is 12.8. The lowest BCUT2D eigenvalue weighted by molar-refractivity contribution is -0.140. The largest absolute Gasteiger partial charge is 0.367 e. The first-order valence-electron chi connectivity index (χ1n) is 8.78. The Labute approximate surface area is 147 Å². The van der Waals surface area contributed by atoms with Crippen LogP contribution in [0, 0.1) is 5.92 Å². The number of carbonyl (C=O) groups excluding carboxylic acids is 2. The third-order valence-electron chi connectivity index (χ3n) is 5.13. The maximum Gasteiger partial charge on any atom is 0.268 e. The normalized spacial score (nSPS) is 21.4. The Kier molecular flexibility index (Phi) is 5.06. The van der Waals surface area contributed by atoms with E-state index in [1.807, 2.05) is 4.90 Å². The molecule has 2 aliphatic heterocycles. The lowest BCUT2D eigenvalue weighted by Crippen LogP contribution is -2.53. The highest BCUT2D eigenvalue weighted by Crippen LogP contribution is 2.21. The summed E-state index contributed by atoms with van der Waals surface area (Å²) in [4.78, 5) is 41.8.